The second-order valence-electron chi connectivity index (χ2n) is 5.42. The molecule has 0 saturated heterocycles. The minimum absolute atomic E-state index is 0.0991. The Kier molecular flexibility index (Phi) is 6.15. The van der Waals surface area contributed by atoms with Gasteiger partial charge < -0.3 is 0 Å². The van der Waals surface area contributed by atoms with Crippen molar-refractivity contribution in [1.82, 2.24) is 10.3 Å². The van der Waals surface area contributed by atoms with E-state index in [1.807, 2.05) is 0 Å². The highest BCUT2D eigenvalue weighted by atomic mass is 79.9. The number of carbonyl (C=O) groups excluding carboxylic acids is 1. The first-order valence-electron chi connectivity index (χ1n) is 7.51. The number of hydrazine groups is 1. The Morgan fingerprint density at radius 2 is 1.75 bits per heavy atom. The van der Waals surface area contributed by atoms with Crippen LogP contribution in [0.25, 0.3) is 0 Å². The Morgan fingerprint density at radius 1 is 1.12 bits per heavy atom. The smallest absolute Gasteiger partial charge is 0.267 e. The monoisotopic (exact) mass is 410 g/mol. The second-order valence-corrected chi connectivity index (χ2v) is 7.95. The van der Waals surface area contributed by atoms with Gasteiger partial charge in [-0.15, -0.1) is 4.83 Å². The number of carbonyl (C=O) groups is 1. The first-order chi connectivity index (χ1) is 11.3. The molecule has 2 N–H and O–H groups in total. The SMILES string of the molecule is CC[C@@H](C)c1ccc(S(=O)(=O)NNC(=O)c2ccccc2Br)cc1. The highest BCUT2D eigenvalue weighted by Gasteiger charge is 2.17. The van der Waals surface area contributed by atoms with Crippen LogP contribution in [-0.4, -0.2) is 14.3 Å². The maximum atomic E-state index is 12.3. The van der Waals surface area contributed by atoms with E-state index < -0.39 is 15.9 Å². The molecule has 0 aliphatic carbocycles. The molecule has 0 aliphatic rings. The zero-order chi connectivity index (χ0) is 17.7. The fourth-order valence-corrected chi connectivity index (χ4v) is 3.40. The van der Waals surface area contributed by atoms with E-state index in [2.05, 4.69) is 40.0 Å². The Labute approximate surface area is 150 Å². The lowest BCUT2D eigenvalue weighted by Gasteiger charge is -2.12. The van der Waals surface area contributed by atoms with Gasteiger partial charge in [0, 0.05) is 4.47 Å². The number of nitrogens with one attached hydrogen (secondary N) is 2. The van der Waals surface area contributed by atoms with E-state index in [0.29, 0.717) is 16.0 Å². The van der Waals surface area contributed by atoms with Crippen molar-refractivity contribution in [2.75, 3.05) is 0 Å². The third-order valence-corrected chi connectivity index (χ3v) is 5.74. The molecule has 0 fully saturated rings. The quantitative estimate of drug-likeness (QED) is 0.714. The van der Waals surface area contributed by atoms with E-state index in [9.17, 15) is 13.2 Å². The molecule has 7 heteroatoms. The summed E-state index contributed by atoms with van der Waals surface area (Å²) in [6.07, 6.45) is 0.979. The average molecular weight is 411 g/mol. The normalized spacial score (nSPS) is 12.6. The first kappa shape index (κ1) is 18.6. The van der Waals surface area contributed by atoms with E-state index in [4.69, 9.17) is 0 Å². The van der Waals surface area contributed by atoms with Crippen LogP contribution in [0, 0.1) is 0 Å². The van der Waals surface area contributed by atoms with E-state index in [-0.39, 0.29) is 4.90 Å². The molecule has 0 unspecified atom stereocenters. The Balaban J connectivity index is 2.09. The Hall–Kier alpha value is -1.70. The molecule has 24 heavy (non-hydrogen) atoms. The van der Waals surface area contributed by atoms with Crippen molar-refractivity contribution in [1.29, 1.82) is 0 Å². The zero-order valence-electron chi connectivity index (χ0n) is 13.4. The molecule has 0 radical (unpaired) electrons. The predicted octanol–water partition coefficient (Wildman–Crippen LogP) is 3.59. The molecular weight excluding hydrogens is 392 g/mol. The largest absolute Gasteiger partial charge is 0.273 e. The minimum atomic E-state index is -3.82. The molecule has 0 aliphatic heterocycles. The van der Waals surface area contributed by atoms with Crippen molar-refractivity contribution in [3.8, 4) is 0 Å². The number of halogens is 1. The van der Waals surface area contributed by atoms with Gasteiger partial charge in [-0.05, 0) is 58.1 Å². The molecule has 0 bridgehead atoms. The minimum Gasteiger partial charge on any atom is -0.273 e. The third-order valence-electron chi connectivity index (χ3n) is 3.79. The summed E-state index contributed by atoms with van der Waals surface area (Å²) in [4.78, 5) is 14.3. The predicted molar refractivity (Wildman–Crippen MR) is 97.1 cm³/mol. The Bertz CT molecular complexity index is 820. The summed E-state index contributed by atoms with van der Waals surface area (Å²) in [5, 5.41) is 0. The van der Waals surface area contributed by atoms with Crippen LogP contribution in [0.15, 0.2) is 57.9 Å². The van der Waals surface area contributed by atoms with Crippen molar-refractivity contribution >= 4 is 31.9 Å². The van der Waals surface area contributed by atoms with Crippen LogP contribution >= 0.6 is 15.9 Å². The van der Waals surface area contributed by atoms with Crippen molar-refractivity contribution in [2.24, 2.45) is 0 Å². The fraction of sp³-hybridized carbons (Fsp3) is 0.235. The molecule has 2 aromatic rings. The summed E-state index contributed by atoms with van der Waals surface area (Å²) in [5.74, 6) is -0.174. The van der Waals surface area contributed by atoms with Crippen LogP contribution < -0.4 is 10.3 Å². The van der Waals surface area contributed by atoms with Crippen LogP contribution in [0.1, 0.15) is 42.1 Å². The molecule has 0 heterocycles. The number of hydrogen-bond acceptors (Lipinski definition) is 3. The van der Waals surface area contributed by atoms with Crippen molar-refractivity contribution in [3.63, 3.8) is 0 Å². The summed E-state index contributed by atoms with van der Waals surface area (Å²) in [7, 11) is -3.82. The van der Waals surface area contributed by atoms with Crippen molar-refractivity contribution < 1.29 is 13.2 Å². The molecular formula is C17H19BrN2O3S. The summed E-state index contributed by atoms with van der Waals surface area (Å²) >= 11 is 3.25. The highest BCUT2D eigenvalue weighted by Crippen LogP contribution is 2.20. The summed E-state index contributed by atoms with van der Waals surface area (Å²) in [6, 6.07) is 13.4. The summed E-state index contributed by atoms with van der Waals surface area (Å²) in [5.41, 5.74) is 3.64. The van der Waals surface area contributed by atoms with E-state index in [1.54, 1.807) is 36.4 Å². The standard InChI is InChI=1S/C17H19BrN2O3S/c1-3-12(2)13-8-10-14(11-9-13)24(22,23)20-19-17(21)15-6-4-5-7-16(15)18/h4-12,20H,3H2,1-2H3,(H,19,21)/t12-/m1/s1. The van der Waals surface area contributed by atoms with E-state index >= 15 is 0 Å². The molecule has 5 nitrogen and oxygen atoms in total. The topological polar surface area (TPSA) is 75.3 Å². The van der Waals surface area contributed by atoms with Crippen LogP contribution in [-0.2, 0) is 10.0 Å². The van der Waals surface area contributed by atoms with Gasteiger partial charge in [-0.1, -0.05) is 38.1 Å². The Morgan fingerprint density at radius 3 is 2.33 bits per heavy atom. The van der Waals surface area contributed by atoms with Gasteiger partial charge in [0.15, 0.2) is 0 Å². The van der Waals surface area contributed by atoms with Gasteiger partial charge in [-0.2, -0.15) is 0 Å². The molecule has 0 saturated carbocycles. The van der Waals surface area contributed by atoms with Gasteiger partial charge in [-0.25, -0.2) is 8.42 Å². The van der Waals surface area contributed by atoms with Gasteiger partial charge in [0.25, 0.3) is 15.9 Å². The lowest BCUT2D eigenvalue weighted by molar-refractivity contribution is 0.0944. The van der Waals surface area contributed by atoms with Crippen molar-refractivity contribution in [2.45, 2.75) is 31.1 Å². The molecule has 2 rings (SSSR count). The van der Waals surface area contributed by atoms with Crippen LogP contribution in [0.3, 0.4) is 0 Å². The number of rotatable bonds is 6. The maximum Gasteiger partial charge on any atom is 0.267 e. The lowest BCUT2D eigenvalue weighted by atomic mass is 9.99. The van der Waals surface area contributed by atoms with Gasteiger partial charge in [0.1, 0.15) is 0 Å². The average Bonchev–Trinajstić information content (AvgIpc) is 2.59. The third kappa shape index (κ3) is 4.43. The molecule has 1 atom stereocenters. The second kappa shape index (κ2) is 7.92. The highest BCUT2D eigenvalue weighted by molar-refractivity contribution is 9.10. The zero-order valence-corrected chi connectivity index (χ0v) is 15.8. The van der Waals surface area contributed by atoms with Crippen LogP contribution in [0.5, 0.6) is 0 Å². The molecule has 1 amide bonds. The fourth-order valence-electron chi connectivity index (χ4n) is 2.10. The number of sulfonamides is 1. The summed E-state index contributed by atoms with van der Waals surface area (Å²) in [6.45, 7) is 4.16. The molecule has 0 aromatic heterocycles. The van der Waals surface area contributed by atoms with Crippen molar-refractivity contribution in [3.05, 3.63) is 64.1 Å². The molecule has 0 spiro atoms. The van der Waals surface area contributed by atoms with Crippen LogP contribution in [0.4, 0.5) is 0 Å². The number of amides is 1. The number of hydrogen-bond donors (Lipinski definition) is 2. The van der Waals surface area contributed by atoms with Gasteiger partial charge in [0.2, 0.25) is 0 Å². The van der Waals surface area contributed by atoms with Crippen LogP contribution in [0.2, 0.25) is 0 Å². The maximum absolute atomic E-state index is 12.3. The molecule has 2 aromatic carbocycles. The van der Waals surface area contributed by atoms with Gasteiger partial charge >= 0.3 is 0 Å². The first-order valence-corrected chi connectivity index (χ1v) is 9.79. The number of benzene rings is 2. The summed E-state index contributed by atoms with van der Waals surface area (Å²) < 4.78 is 25.1. The van der Waals surface area contributed by atoms with E-state index in [0.717, 1.165) is 12.0 Å². The van der Waals surface area contributed by atoms with Gasteiger partial charge in [0.05, 0.1) is 10.5 Å². The van der Waals surface area contributed by atoms with Gasteiger partial charge in [-0.3, -0.25) is 10.2 Å². The van der Waals surface area contributed by atoms with E-state index in [1.165, 1.54) is 12.1 Å². The lowest BCUT2D eigenvalue weighted by Crippen LogP contribution is -2.41. The molecule has 128 valence electrons.